The Morgan fingerprint density at radius 3 is 2.00 bits per heavy atom. The molecule has 5 aromatic rings. The van der Waals surface area contributed by atoms with Gasteiger partial charge in [-0.15, -0.1) is 0 Å². The van der Waals surface area contributed by atoms with Gasteiger partial charge in [-0.2, -0.15) is 0 Å². The van der Waals surface area contributed by atoms with Crippen LogP contribution in [0.4, 0.5) is 16.2 Å². The Hall–Kier alpha value is -8.20. The van der Waals surface area contributed by atoms with Crippen LogP contribution in [0.25, 0.3) is 0 Å². The summed E-state index contributed by atoms with van der Waals surface area (Å²) in [6.07, 6.45) is -6.73. The van der Waals surface area contributed by atoms with E-state index in [1.807, 2.05) is 0 Å². The van der Waals surface area contributed by atoms with Crippen LogP contribution < -0.4 is 16.4 Å². The van der Waals surface area contributed by atoms with E-state index in [0.29, 0.717) is 28.0 Å². The van der Waals surface area contributed by atoms with Gasteiger partial charge in [0.25, 0.3) is 5.91 Å². The van der Waals surface area contributed by atoms with E-state index in [1.165, 1.54) is 62.7 Å². The Morgan fingerprint density at radius 2 is 1.40 bits per heavy atom. The largest absolute Gasteiger partial charge is 0.507 e. The number of phenolic OH excluding ortho intramolecular Hbond substituents is 2. The molecule has 0 radical (unpaired) electrons. The average Bonchev–Trinajstić information content (AvgIpc) is 0.686. The van der Waals surface area contributed by atoms with E-state index < -0.39 is 113 Å². The van der Waals surface area contributed by atoms with Crippen molar-refractivity contribution < 1.29 is 89.9 Å². The van der Waals surface area contributed by atoms with E-state index in [0.717, 1.165) is 0 Å². The number of aliphatic hydroxyl groups excluding tert-OH is 1. The Kier molecular flexibility index (Phi) is 18.4. The van der Waals surface area contributed by atoms with Gasteiger partial charge in [0.15, 0.2) is 5.60 Å². The molecule has 2 amide bonds. The van der Waals surface area contributed by atoms with Gasteiger partial charge >= 0.3 is 24.0 Å². The first-order valence-electron chi connectivity index (χ1n) is 27.2. The third-order valence-corrected chi connectivity index (χ3v) is 16.9. The van der Waals surface area contributed by atoms with Gasteiger partial charge in [-0.3, -0.25) is 29.7 Å². The van der Waals surface area contributed by atoms with Gasteiger partial charge in [0.1, 0.15) is 47.2 Å². The van der Waals surface area contributed by atoms with Crippen molar-refractivity contribution in [1.82, 2.24) is 5.32 Å². The number of fused-ring (bicyclic) bond motifs is 5. The minimum absolute atomic E-state index is 0. The van der Waals surface area contributed by atoms with Crippen LogP contribution >= 0.6 is 0 Å². The number of amides is 2. The van der Waals surface area contributed by atoms with E-state index in [2.05, 4.69) is 20.6 Å². The second kappa shape index (κ2) is 24.9. The van der Waals surface area contributed by atoms with Crippen molar-refractivity contribution in [3.05, 3.63) is 166 Å². The number of ether oxygens (including phenoxy) is 5. The summed E-state index contributed by atoms with van der Waals surface area (Å²) >= 11 is 0. The maximum atomic E-state index is 15.6. The Morgan fingerprint density at radius 1 is 0.821 bits per heavy atom. The maximum Gasteiger partial charge on any atom is 0.412 e. The summed E-state index contributed by atoms with van der Waals surface area (Å²) < 4.78 is 31.2. The van der Waals surface area contributed by atoms with Crippen LogP contribution in [0.3, 0.4) is 0 Å². The van der Waals surface area contributed by atoms with E-state index >= 15 is 9.59 Å². The number of hydrogen-bond acceptors (Lipinski definition) is 18. The summed E-state index contributed by atoms with van der Waals surface area (Å²) in [6.45, 7) is 9.44. The van der Waals surface area contributed by atoms with Crippen LogP contribution in [0.1, 0.15) is 97.8 Å². The SMILES string of the molecule is CC(=O)O[C@@]12CO[C@@H]1C[C@H](O)[C@@]1(C)C(=O)[C@H](C)C3=C(C)[C@@H](OC(=O)[C@H](OC(=O)Nc4ccc(O)c(C=NCCN=Cc5cc(N)ccc5O)c4)[C@@H](NC(=O)c4ccccc4)c4ccccc4)C[C@@](O)([C@@H](OC(=O)c4ccccc4)[C@H]21)C3(C)C.[Fe]. The first-order chi connectivity index (χ1) is 39.5. The van der Waals surface area contributed by atoms with Crippen molar-refractivity contribution in [1.29, 1.82) is 0 Å². The van der Waals surface area contributed by atoms with Crippen molar-refractivity contribution in [3.63, 3.8) is 0 Å². The topological polar surface area (TPSA) is 304 Å². The predicted octanol–water partition coefficient (Wildman–Crippen LogP) is 7.23. The van der Waals surface area contributed by atoms with Crippen LogP contribution in [0.5, 0.6) is 11.5 Å². The molecule has 20 nitrogen and oxygen atoms in total. The third kappa shape index (κ3) is 11.8. The van der Waals surface area contributed by atoms with Gasteiger partial charge < -0.3 is 55.2 Å². The fourth-order valence-electron chi connectivity index (χ4n) is 12.7. The summed E-state index contributed by atoms with van der Waals surface area (Å²) in [7, 11) is 0. The molecular formula is C63H67FeN5O15. The number of aliphatic imine (C=N–C) groups is 2. The molecule has 21 heteroatoms. The molecule has 0 unspecified atom stereocenters. The van der Waals surface area contributed by atoms with E-state index in [1.54, 1.807) is 119 Å². The number of phenols is 2. The van der Waals surface area contributed by atoms with E-state index in [9.17, 15) is 39.6 Å². The van der Waals surface area contributed by atoms with Gasteiger partial charge in [-0.05, 0) is 91.2 Å². The molecule has 0 spiro atoms. The Bertz CT molecular complexity index is 3400. The number of anilines is 2. The fourth-order valence-corrected chi connectivity index (χ4v) is 12.7. The number of nitrogen functional groups attached to an aromatic ring is 1. The van der Waals surface area contributed by atoms with Crippen molar-refractivity contribution in [2.24, 2.45) is 32.7 Å². The average molecular weight is 1190 g/mol. The number of ketones is 1. The second-order valence-corrected chi connectivity index (χ2v) is 22.3. The molecule has 3 fully saturated rings. The minimum Gasteiger partial charge on any atom is -0.507 e. The molecule has 1 saturated heterocycles. The Balaban J connectivity index is 0.00000920. The van der Waals surface area contributed by atoms with Gasteiger partial charge in [0, 0.05) is 88.7 Å². The first kappa shape index (κ1) is 61.9. The third-order valence-electron chi connectivity index (χ3n) is 16.9. The van der Waals surface area contributed by atoms with Crippen LogP contribution in [-0.4, -0.2) is 130 Å². The standard InChI is InChI=1S/C63H67N5O15.Fe/c1-35-47(31-63(78)55(82-57(75)40-20-14-9-15-21-40)53-61(6,54(73)36(2)50(35)60(63,4)5)48(72)30-49-62(53,34-79-49)83-37(3)69)80-58(76)52(51(38-16-10-7-11-17-38)68-56(74)39-18-12-8-13-19-39)81-59(77)67-44-23-25-46(71)42(29-44)33-66-27-26-65-32-41-28-43(64)22-24-45(41)70;/h7-25,28-29,32-33,36,47-49,51-53,55,70-72,78H,26-27,30-31,34,64H2,1-6H3,(H,67,77)(H,68,74);/t36-,47+,48+,49-,51+,52-,53+,55+,61-,62+,63-;/m1./s1. The number of rotatable bonds is 16. The van der Waals surface area contributed by atoms with Gasteiger partial charge in [0.05, 0.1) is 42.7 Å². The van der Waals surface area contributed by atoms with Crippen molar-refractivity contribution in [2.75, 3.05) is 30.7 Å². The summed E-state index contributed by atoms with van der Waals surface area (Å²) in [5.41, 5.74) is 0.816. The van der Waals surface area contributed by atoms with Crippen molar-refractivity contribution >= 4 is 59.5 Å². The first-order valence-corrected chi connectivity index (χ1v) is 27.2. The molecule has 3 aliphatic carbocycles. The number of benzene rings is 5. The monoisotopic (exact) mass is 1190 g/mol. The summed E-state index contributed by atoms with van der Waals surface area (Å²) in [6, 6.07) is 31.5. The molecule has 442 valence electrons. The zero-order chi connectivity index (χ0) is 59.6. The number of carbonyl (C=O) groups is 6. The molecule has 0 aromatic heterocycles. The minimum atomic E-state index is -2.33. The molecular weight excluding hydrogens is 1120 g/mol. The van der Waals surface area contributed by atoms with E-state index in [-0.39, 0.29) is 77.1 Å². The quantitative estimate of drug-likeness (QED) is 0.00749. The maximum absolute atomic E-state index is 15.6. The van der Waals surface area contributed by atoms with Gasteiger partial charge in [0.2, 0.25) is 6.10 Å². The van der Waals surface area contributed by atoms with Gasteiger partial charge in [-0.1, -0.05) is 87.5 Å². The second-order valence-electron chi connectivity index (χ2n) is 22.3. The van der Waals surface area contributed by atoms with Gasteiger partial charge in [-0.25, -0.2) is 14.4 Å². The molecule has 9 rings (SSSR count). The molecule has 84 heavy (non-hydrogen) atoms. The van der Waals surface area contributed by atoms with E-state index in [4.69, 9.17) is 29.4 Å². The molecule has 8 N–H and O–H groups in total. The smallest absolute Gasteiger partial charge is 0.412 e. The number of carbonyl (C=O) groups excluding carboxylic acids is 6. The number of nitrogens with two attached hydrogens (primary N) is 1. The fraction of sp³-hybridized carbons (Fsp3) is 0.365. The van der Waals surface area contributed by atoms with Crippen LogP contribution in [0.2, 0.25) is 0 Å². The van der Waals surface area contributed by atoms with Crippen molar-refractivity contribution in [3.8, 4) is 11.5 Å². The number of nitrogens with zero attached hydrogens (tertiary/aromatic N) is 2. The van der Waals surface area contributed by atoms with Crippen molar-refractivity contribution in [2.45, 2.75) is 102 Å². The van der Waals surface area contributed by atoms with Crippen LogP contribution in [0, 0.1) is 22.7 Å². The molecule has 2 saturated carbocycles. The number of nitrogens with one attached hydrogen (secondary N) is 2. The zero-order valence-corrected chi connectivity index (χ0v) is 48.1. The molecule has 2 bridgehead atoms. The van der Waals surface area contributed by atoms with Crippen LogP contribution in [-0.2, 0) is 55.1 Å². The summed E-state index contributed by atoms with van der Waals surface area (Å²) in [5.74, 6) is -6.82. The molecule has 5 aromatic carbocycles. The van der Waals surface area contributed by atoms with Crippen LogP contribution in [0.15, 0.2) is 149 Å². The summed E-state index contributed by atoms with van der Waals surface area (Å²) in [5, 5.41) is 52.6. The number of aromatic hydroxyl groups is 2. The Labute approximate surface area is 496 Å². The number of Topliss-reactive ketones (excluding diaryl/α,β-unsaturated/α-hetero) is 1. The summed E-state index contributed by atoms with van der Waals surface area (Å²) in [4.78, 5) is 96.0. The number of aliphatic hydroxyl groups is 2. The zero-order valence-electron chi connectivity index (χ0n) is 47.0. The predicted molar refractivity (Wildman–Crippen MR) is 305 cm³/mol. The normalized spacial score (nSPS) is 26.5. The number of esters is 3. The molecule has 11 atom stereocenters. The molecule has 1 heterocycles. The molecule has 1 aliphatic heterocycles. The number of hydrogen-bond donors (Lipinski definition) is 7. The molecule has 4 aliphatic rings.